The predicted octanol–water partition coefficient (Wildman–Crippen LogP) is -0.218. The molecule has 0 unspecified atom stereocenters. The Morgan fingerprint density at radius 1 is 1.31 bits per heavy atom. The summed E-state index contributed by atoms with van der Waals surface area (Å²) in [5.41, 5.74) is -0.846. The summed E-state index contributed by atoms with van der Waals surface area (Å²) in [6, 6.07) is 5.61. The van der Waals surface area contributed by atoms with E-state index in [1.807, 2.05) is 0 Å². The molecule has 1 aromatic carbocycles. The summed E-state index contributed by atoms with van der Waals surface area (Å²) in [6.07, 6.45) is -4.38. The Hall–Kier alpha value is 0.546. The molecular weight excluding hydrogens is 281 g/mol. The number of hydrogen-bond acceptors (Lipinski definition) is 0. The van der Waals surface area contributed by atoms with Gasteiger partial charge in [-0.05, 0) is 5.56 Å². The van der Waals surface area contributed by atoms with Crippen molar-refractivity contribution in [1.29, 1.82) is 0 Å². The molecule has 0 amide bonds. The largest absolute Gasteiger partial charge is 2.00 e. The maximum absolute atomic E-state index is 11.9. The van der Waals surface area contributed by atoms with E-state index in [9.17, 15) is 13.2 Å². The van der Waals surface area contributed by atoms with E-state index in [-0.39, 0.29) is 45.1 Å². The molecule has 0 atom stereocenters. The monoisotopic (exact) mass is 282 g/mol. The number of alkyl halides is 3. The molecule has 0 fully saturated rings. The van der Waals surface area contributed by atoms with E-state index < -0.39 is 11.7 Å². The van der Waals surface area contributed by atoms with E-state index >= 15 is 0 Å². The molecule has 6 heteroatoms. The van der Waals surface area contributed by atoms with Crippen molar-refractivity contribution in [3.05, 3.63) is 34.9 Å². The van der Waals surface area contributed by atoms with Gasteiger partial charge in [-0.3, -0.25) is 0 Å². The zero-order valence-electron chi connectivity index (χ0n) is 6.33. The third kappa shape index (κ3) is 4.53. The van der Waals surface area contributed by atoms with Crippen molar-refractivity contribution in [2.45, 2.75) is 6.18 Å². The maximum atomic E-state index is 11.9. The maximum Gasteiger partial charge on any atom is 2.00 e. The summed E-state index contributed by atoms with van der Waals surface area (Å²) in [6.45, 7) is 0. The zero-order chi connectivity index (χ0) is 8.48. The molecule has 0 aromatic heterocycles. The van der Waals surface area contributed by atoms with Crippen LogP contribution >= 0.6 is 11.6 Å². The summed E-state index contributed by atoms with van der Waals surface area (Å²) in [4.78, 5) is 0. The van der Waals surface area contributed by atoms with Gasteiger partial charge in [-0.1, -0.05) is 5.02 Å². The van der Waals surface area contributed by atoms with Gasteiger partial charge in [0.2, 0.25) is 0 Å². The molecular formula is C7H3BrClF3Mg. The van der Waals surface area contributed by atoms with E-state index in [0.29, 0.717) is 0 Å². The molecule has 0 saturated carbocycles. The van der Waals surface area contributed by atoms with Gasteiger partial charge in [0, 0.05) is 0 Å². The topological polar surface area (TPSA) is 0 Å². The fourth-order valence-electron chi connectivity index (χ4n) is 0.629. The van der Waals surface area contributed by atoms with E-state index in [4.69, 9.17) is 11.6 Å². The molecule has 1 aromatic rings. The molecule has 0 radical (unpaired) electrons. The summed E-state index contributed by atoms with van der Waals surface area (Å²) >= 11 is 5.27. The minimum Gasteiger partial charge on any atom is -1.00 e. The Kier molecular flexibility index (Phi) is 7.52. The molecule has 0 heterocycles. The summed E-state index contributed by atoms with van der Waals surface area (Å²) < 4.78 is 35.8. The molecule has 0 N–H and O–H groups in total. The van der Waals surface area contributed by atoms with Crippen molar-refractivity contribution in [3.63, 3.8) is 0 Å². The van der Waals surface area contributed by atoms with Gasteiger partial charge in [0.1, 0.15) is 0 Å². The van der Waals surface area contributed by atoms with Crippen molar-refractivity contribution in [1.82, 2.24) is 0 Å². The van der Waals surface area contributed by atoms with Gasteiger partial charge in [0.15, 0.2) is 0 Å². The van der Waals surface area contributed by atoms with Gasteiger partial charge in [-0.2, -0.15) is 37.4 Å². The second kappa shape index (κ2) is 6.11. The van der Waals surface area contributed by atoms with Gasteiger partial charge in [-0.25, -0.2) is 0 Å². The first kappa shape index (κ1) is 16.0. The van der Waals surface area contributed by atoms with E-state index in [0.717, 1.165) is 12.1 Å². The second-order valence-corrected chi connectivity index (χ2v) is 2.31. The summed E-state index contributed by atoms with van der Waals surface area (Å²) in [7, 11) is 0. The smallest absolute Gasteiger partial charge is 1.00 e. The average Bonchev–Trinajstić information content (AvgIpc) is 1.86. The number of rotatable bonds is 0. The molecule has 68 valence electrons. The first-order valence-corrected chi connectivity index (χ1v) is 3.12. The zero-order valence-corrected chi connectivity index (χ0v) is 10.1. The van der Waals surface area contributed by atoms with Crippen LogP contribution in [-0.2, 0) is 6.18 Å². The van der Waals surface area contributed by atoms with Crippen LogP contribution in [0.4, 0.5) is 13.2 Å². The predicted molar refractivity (Wildman–Crippen MR) is 41.0 cm³/mol. The molecule has 0 aliphatic carbocycles. The van der Waals surface area contributed by atoms with Crippen LogP contribution in [-0.4, -0.2) is 23.1 Å². The summed E-state index contributed by atoms with van der Waals surface area (Å²) in [5, 5.41) is -0.295. The minimum atomic E-state index is -4.38. The molecule has 0 spiro atoms. The molecule has 0 aliphatic heterocycles. The Morgan fingerprint density at radius 3 is 2.15 bits per heavy atom. The SMILES string of the molecule is FC(F)(F)c1c[c-]ccc1Cl.[Br-].[Mg+2]. The van der Waals surface area contributed by atoms with E-state index in [2.05, 4.69) is 6.07 Å². The fraction of sp³-hybridized carbons (Fsp3) is 0.143. The molecule has 0 nitrogen and oxygen atoms in total. The van der Waals surface area contributed by atoms with Crippen LogP contribution in [0.3, 0.4) is 0 Å². The quantitative estimate of drug-likeness (QED) is 0.456. The third-order valence-electron chi connectivity index (χ3n) is 1.12. The van der Waals surface area contributed by atoms with Gasteiger partial charge < -0.3 is 17.0 Å². The molecule has 0 aliphatic rings. The Bertz CT molecular complexity index is 264. The second-order valence-electron chi connectivity index (χ2n) is 1.90. The number of benzene rings is 1. The van der Waals surface area contributed by atoms with Crippen LogP contribution < -0.4 is 17.0 Å². The van der Waals surface area contributed by atoms with Crippen LogP contribution in [0.2, 0.25) is 5.02 Å². The van der Waals surface area contributed by atoms with Crippen LogP contribution in [0, 0.1) is 6.07 Å². The van der Waals surface area contributed by atoms with Crippen molar-refractivity contribution in [2.75, 3.05) is 0 Å². The first-order valence-electron chi connectivity index (χ1n) is 2.74. The van der Waals surface area contributed by atoms with Gasteiger partial charge in [0.05, 0.1) is 0 Å². The van der Waals surface area contributed by atoms with Crippen LogP contribution in [0.25, 0.3) is 0 Å². The van der Waals surface area contributed by atoms with E-state index in [1.165, 1.54) is 6.07 Å². The Labute approximate surface area is 105 Å². The molecule has 13 heavy (non-hydrogen) atoms. The molecule has 0 saturated heterocycles. The fourth-order valence-corrected chi connectivity index (χ4v) is 0.853. The average molecular weight is 284 g/mol. The number of halogens is 5. The third-order valence-corrected chi connectivity index (χ3v) is 1.45. The van der Waals surface area contributed by atoms with Crippen LogP contribution in [0.5, 0.6) is 0 Å². The van der Waals surface area contributed by atoms with Gasteiger partial charge in [0.25, 0.3) is 0 Å². The normalized spacial score (nSPS) is 9.85. The van der Waals surface area contributed by atoms with E-state index in [1.54, 1.807) is 0 Å². The van der Waals surface area contributed by atoms with Crippen molar-refractivity contribution >= 4 is 34.7 Å². The minimum absolute atomic E-state index is 0. The molecule has 1 rings (SSSR count). The Balaban J connectivity index is 0. The van der Waals surface area contributed by atoms with Crippen molar-refractivity contribution in [3.8, 4) is 0 Å². The molecule has 0 bridgehead atoms. The standard InChI is InChI=1S/C7H3ClF3.BrH.Mg/c8-6-4-2-1-3-5(6)7(9,10)11;;/h2-4H;1H;/q-1;;+2/p-1. The van der Waals surface area contributed by atoms with Crippen LogP contribution in [0.1, 0.15) is 5.56 Å². The first-order chi connectivity index (χ1) is 5.02. The number of hydrogen-bond donors (Lipinski definition) is 0. The van der Waals surface area contributed by atoms with Crippen molar-refractivity contribution in [2.24, 2.45) is 0 Å². The van der Waals surface area contributed by atoms with Crippen LogP contribution in [0.15, 0.2) is 18.2 Å². The summed E-state index contributed by atoms with van der Waals surface area (Å²) in [5.74, 6) is 0. The van der Waals surface area contributed by atoms with Gasteiger partial charge >= 0.3 is 29.2 Å². The Morgan fingerprint density at radius 2 is 1.85 bits per heavy atom. The van der Waals surface area contributed by atoms with Crippen molar-refractivity contribution < 1.29 is 30.2 Å². The van der Waals surface area contributed by atoms with Gasteiger partial charge in [-0.15, -0.1) is 11.6 Å².